The van der Waals surface area contributed by atoms with Gasteiger partial charge in [0.2, 0.25) is 5.82 Å². The summed E-state index contributed by atoms with van der Waals surface area (Å²) in [5.74, 6) is 0.215. The Labute approximate surface area is 149 Å². The van der Waals surface area contributed by atoms with Gasteiger partial charge in [0.15, 0.2) is 0 Å². The molecule has 3 rings (SSSR count). The largest absolute Gasteiger partial charge is 0.333 e. The smallest absolute Gasteiger partial charge is 0.293 e. The van der Waals surface area contributed by atoms with Crippen LogP contribution >= 0.6 is 0 Å². The molecule has 0 N–H and O–H groups in total. The molecule has 1 fully saturated rings. The first-order chi connectivity index (χ1) is 11.8. The summed E-state index contributed by atoms with van der Waals surface area (Å²) in [6.07, 6.45) is 2.58. The second-order valence-corrected chi connectivity index (χ2v) is 7.76. The molecule has 1 aliphatic heterocycles. The van der Waals surface area contributed by atoms with Crippen molar-refractivity contribution in [2.24, 2.45) is 0 Å². The summed E-state index contributed by atoms with van der Waals surface area (Å²) < 4.78 is 1.75. The molecule has 0 spiro atoms. The number of amides is 1. The third kappa shape index (κ3) is 4.07. The number of benzene rings is 1. The topological polar surface area (TPSA) is 54.3 Å². The first-order valence-electron chi connectivity index (χ1n) is 8.80. The fourth-order valence-corrected chi connectivity index (χ4v) is 3.06. The van der Waals surface area contributed by atoms with Gasteiger partial charge in [-0.1, -0.05) is 30.3 Å². The maximum absolute atomic E-state index is 12.8. The number of hydrogen-bond acceptors (Lipinski definition) is 4. The van der Waals surface area contributed by atoms with Gasteiger partial charge in [-0.3, -0.25) is 9.69 Å². The van der Waals surface area contributed by atoms with Crippen LogP contribution in [-0.4, -0.2) is 63.2 Å². The van der Waals surface area contributed by atoms with Crippen molar-refractivity contribution in [2.45, 2.75) is 38.8 Å². The molecule has 0 radical (unpaired) electrons. The molecule has 1 atom stereocenters. The van der Waals surface area contributed by atoms with Crippen LogP contribution in [0.5, 0.6) is 0 Å². The van der Waals surface area contributed by atoms with Gasteiger partial charge in [0, 0.05) is 25.7 Å². The van der Waals surface area contributed by atoms with Gasteiger partial charge in [-0.2, -0.15) is 0 Å². The molecule has 1 aliphatic rings. The van der Waals surface area contributed by atoms with Gasteiger partial charge in [-0.05, 0) is 39.8 Å². The zero-order chi connectivity index (χ0) is 18.0. The Kier molecular flexibility index (Phi) is 4.90. The van der Waals surface area contributed by atoms with Gasteiger partial charge in [-0.25, -0.2) is 9.67 Å². The van der Waals surface area contributed by atoms with Crippen LogP contribution in [0.4, 0.5) is 0 Å². The Morgan fingerprint density at radius 1 is 1.20 bits per heavy atom. The van der Waals surface area contributed by atoms with Crippen LogP contribution < -0.4 is 0 Å². The van der Waals surface area contributed by atoms with Crippen molar-refractivity contribution < 1.29 is 4.79 Å². The minimum absolute atomic E-state index is 0.0749. The molecule has 0 bridgehead atoms. The van der Waals surface area contributed by atoms with E-state index in [0.29, 0.717) is 19.1 Å². The average Bonchev–Trinajstić information content (AvgIpc) is 3.07. The minimum Gasteiger partial charge on any atom is -0.333 e. The van der Waals surface area contributed by atoms with E-state index in [1.807, 2.05) is 31.7 Å². The number of hydrogen-bond donors (Lipinski definition) is 0. The molecule has 1 saturated heterocycles. The molecule has 25 heavy (non-hydrogen) atoms. The van der Waals surface area contributed by atoms with Crippen molar-refractivity contribution in [3.05, 3.63) is 48.0 Å². The van der Waals surface area contributed by atoms with Gasteiger partial charge < -0.3 is 4.90 Å². The third-order valence-electron chi connectivity index (χ3n) is 4.75. The zero-order valence-corrected chi connectivity index (χ0v) is 15.5. The third-order valence-corrected chi connectivity index (χ3v) is 4.75. The van der Waals surface area contributed by atoms with Crippen LogP contribution in [0.25, 0.3) is 0 Å². The molecular formula is C19H27N5O. The lowest BCUT2D eigenvalue weighted by atomic mass is 10.0. The summed E-state index contributed by atoms with van der Waals surface area (Å²) in [4.78, 5) is 21.3. The van der Waals surface area contributed by atoms with Crippen molar-refractivity contribution in [3.8, 4) is 0 Å². The highest BCUT2D eigenvalue weighted by Gasteiger charge is 2.30. The van der Waals surface area contributed by atoms with E-state index in [-0.39, 0.29) is 17.3 Å². The lowest BCUT2D eigenvalue weighted by Gasteiger charge is -2.39. The highest BCUT2D eigenvalue weighted by Crippen LogP contribution is 2.16. The lowest BCUT2D eigenvalue weighted by molar-refractivity contribution is 0.0535. The number of carbonyl (C=O) groups excluding carboxylic acids is 1. The molecule has 6 heteroatoms. The molecule has 0 aliphatic carbocycles. The standard InChI is InChI=1S/C19H27N5O/c1-19(2,3)24-14-20-17(21-24)18(25)23-11-10-22(4)16(13-23)12-15-8-6-5-7-9-15/h5-9,14,16H,10-13H2,1-4H3. The molecule has 1 aromatic carbocycles. The normalized spacial score (nSPS) is 19.2. The van der Waals surface area contributed by atoms with Gasteiger partial charge in [0.25, 0.3) is 5.91 Å². The number of piperazine rings is 1. The summed E-state index contributed by atoms with van der Waals surface area (Å²) in [6, 6.07) is 10.7. The van der Waals surface area contributed by atoms with Gasteiger partial charge in [0.05, 0.1) is 5.54 Å². The predicted molar refractivity (Wildman–Crippen MR) is 97.5 cm³/mol. The van der Waals surface area contributed by atoms with E-state index >= 15 is 0 Å². The monoisotopic (exact) mass is 341 g/mol. The van der Waals surface area contributed by atoms with E-state index in [0.717, 1.165) is 13.0 Å². The van der Waals surface area contributed by atoms with Crippen molar-refractivity contribution >= 4 is 5.91 Å². The molecule has 1 amide bonds. The van der Waals surface area contributed by atoms with Gasteiger partial charge >= 0.3 is 0 Å². The number of carbonyl (C=O) groups is 1. The van der Waals surface area contributed by atoms with E-state index in [9.17, 15) is 4.79 Å². The average molecular weight is 341 g/mol. The molecule has 0 saturated carbocycles. The van der Waals surface area contributed by atoms with Crippen LogP contribution in [0.3, 0.4) is 0 Å². The Hall–Kier alpha value is -2.21. The summed E-state index contributed by atoms with van der Waals surface area (Å²) in [5, 5.41) is 4.39. The summed E-state index contributed by atoms with van der Waals surface area (Å²) in [7, 11) is 2.13. The van der Waals surface area contributed by atoms with Crippen LogP contribution in [-0.2, 0) is 12.0 Å². The Morgan fingerprint density at radius 2 is 1.92 bits per heavy atom. The second kappa shape index (κ2) is 6.96. The molecule has 134 valence electrons. The first-order valence-corrected chi connectivity index (χ1v) is 8.80. The zero-order valence-electron chi connectivity index (χ0n) is 15.5. The van der Waals surface area contributed by atoms with E-state index in [1.165, 1.54) is 5.56 Å². The van der Waals surface area contributed by atoms with Gasteiger partial charge in [0.1, 0.15) is 6.33 Å². The van der Waals surface area contributed by atoms with Crippen LogP contribution in [0, 0.1) is 0 Å². The number of aromatic nitrogens is 3. The summed E-state index contributed by atoms with van der Waals surface area (Å²) in [5.41, 5.74) is 1.12. The molecule has 2 aromatic rings. The van der Waals surface area contributed by atoms with Gasteiger partial charge in [-0.15, -0.1) is 5.10 Å². The number of likely N-dealkylation sites (N-methyl/N-ethyl adjacent to an activating group) is 1. The fraction of sp³-hybridized carbons (Fsp3) is 0.526. The molecule has 6 nitrogen and oxygen atoms in total. The Morgan fingerprint density at radius 3 is 2.56 bits per heavy atom. The van der Waals surface area contributed by atoms with E-state index in [4.69, 9.17) is 0 Å². The number of rotatable bonds is 3. The molecule has 2 heterocycles. The fourth-order valence-electron chi connectivity index (χ4n) is 3.06. The first kappa shape index (κ1) is 17.6. The van der Waals surface area contributed by atoms with Crippen molar-refractivity contribution in [3.63, 3.8) is 0 Å². The van der Waals surface area contributed by atoms with E-state index in [2.05, 4.69) is 46.3 Å². The molecule has 1 aromatic heterocycles. The van der Waals surface area contributed by atoms with Crippen molar-refractivity contribution in [1.29, 1.82) is 0 Å². The highest BCUT2D eigenvalue weighted by atomic mass is 16.2. The summed E-state index contributed by atoms with van der Waals surface area (Å²) >= 11 is 0. The van der Waals surface area contributed by atoms with Crippen LogP contribution in [0.1, 0.15) is 37.0 Å². The Bertz CT molecular complexity index is 719. The lowest BCUT2D eigenvalue weighted by Crippen LogP contribution is -2.54. The van der Waals surface area contributed by atoms with E-state index < -0.39 is 0 Å². The minimum atomic E-state index is -0.177. The Balaban J connectivity index is 1.70. The second-order valence-electron chi connectivity index (χ2n) is 7.76. The molecule has 1 unspecified atom stereocenters. The van der Waals surface area contributed by atoms with Crippen molar-refractivity contribution in [2.75, 3.05) is 26.7 Å². The predicted octanol–water partition coefficient (Wildman–Crippen LogP) is 2.03. The quantitative estimate of drug-likeness (QED) is 0.857. The summed E-state index contributed by atoms with van der Waals surface area (Å²) in [6.45, 7) is 8.41. The number of nitrogens with zero attached hydrogens (tertiary/aromatic N) is 5. The van der Waals surface area contributed by atoms with Crippen LogP contribution in [0.2, 0.25) is 0 Å². The maximum atomic E-state index is 12.8. The van der Waals surface area contributed by atoms with Crippen LogP contribution in [0.15, 0.2) is 36.7 Å². The molecular weight excluding hydrogens is 314 g/mol. The van der Waals surface area contributed by atoms with Crippen molar-refractivity contribution in [1.82, 2.24) is 24.6 Å². The van der Waals surface area contributed by atoms with E-state index in [1.54, 1.807) is 11.0 Å². The SMILES string of the molecule is CN1CCN(C(=O)c2ncn(C(C)(C)C)n2)CC1Cc1ccccc1. The maximum Gasteiger partial charge on any atom is 0.293 e. The highest BCUT2D eigenvalue weighted by molar-refractivity contribution is 5.90.